The second-order valence-corrected chi connectivity index (χ2v) is 5.00. The highest BCUT2D eigenvalue weighted by Crippen LogP contribution is 2.36. The van der Waals surface area contributed by atoms with Crippen LogP contribution in [-0.4, -0.2) is 24.2 Å². The standard InChI is InChI=1S/C15H12ClF3N2O3/c1-23-11-6-8(5-10(16)13(11)24-2)3-4-9-7-12(15(17,18)19)21-14(22)20-9/h3-7H,1-2H3,(H,20,21,22)/b4-3-. The second-order valence-electron chi connectivity index (χ2n) is 4.59. The SMILES string of the molecule is COc1cc(/C=C\c2cc(C(F)(F)F)[nH]c(=O)n2)cc(Cl)c1OC. The van der Waals surface area contributed by atoms with Gasteiger partial charge in [0.15, 0.2) is 11.5 Å². The van der Waals surface area contributed by atoms with Crippen LogP contribution in [0.4, 0.5) is 13.2 Å². The second kappa shape index (κ2) is 6.96. The minimum Gasteiger partial charge on any atom is -0.493 e. The Balaban J connectivity index is 2.40. The van der Waals surface area contributed by atoms with Gasteiger partial charge in [-0.25, -0.2) is 4.79 Å². The smallest absolute Gasteiger partial charge is 0.431 e. The summed E-state index contributed by atoms with van der Waals surface area (Å²) in [6, 6.07) is 3.86. The first kappa shape index (κ1) is 17.9. The number of aromatic amines is 1. The minimum absolute atomic E-state index is 0.142. The van der Waals surface area contributed by atoms with Gasteiger partial charge in [-0.15, -0.1) is 0 Å². The van der Waals surface area contributed by atoms with Crippen LogP contribution in [0.2, 0.25) is 5.02 Å². The zero-order valence-corrected chi connectivity index (χ0v) is 13.3. The lowest BCUT2D eigenvalue weighted by Crippen LogP contribution is -2.19. The normalized spacial score (nSPS) is 11.8. The molecule has 0 bridgehead atoms. The Hall–Kier alpha value is -2.48. The number of hydrogen-bond donors (Lipinski definition) is 1. The number of methoxy groups -OCH3 is 2. The number of ether oxygens (including phenoxy) is 2. The van der Waals surface area contributed by atoms with Crippen LogP contribution in [0.15, 0.2) is 23.0 Å². The van der Waals surface area contributed by atoms with Crippen LogP contribution in [0.25, 0.3) is 12.2 Å². The summed E-state index contributed by atoms with van der Waals surface area (Å²) in [5.74, 6) is 0.699. The molecule has 2 rings (SSSR count). The summed E-state index contributed by atoms with van der Waals surface area (Å²) in [7, 11) is 2.85. The van der Waals surface area contributed by atoms with Crippen molar-refractivity contribution in [3.05, 3.63) is 50.7 Å². The van der Waals surface area contributed by atoms with Gasteiger partial charge < -0.3 is 14.5 Å². The summed E-state index contributed by atoms with van der Waals surface area (Å²) in [6.45, 7) is 0. The molecule has 0 aliphatic rings. The number of rotatable bonds is 4. The molecule has 0 aliphatic carbocycles. The molecular weight excluding hydrogens is 349 g/mol. The molecule has 9 heteroatoms. The zero-order chi connectivity index (χ0) is 17.9. The van der Waals surface area contributed by atoms with E-state index in [4.69, 9.17) is 21.1 Å². The molecule has 0 amide bonds. The zero-order valence-electron chi connectivity index (χ0n) is 12.6. The first-order chi connectivity index (χ1) is 11.2. The maximum atomic E-state index is 12.7. The molecule has 1 N–H and O–H groups in total. The minimum atomic E-state index is -4.67. The largest absolute Gasteiger partial charge is 0.493 e. The molecule has 128 valence electrons. The summed E-state index contributed by atoms with van der Waals surface area (Å²) < 4.78 is 48.2. The monoisotopic (exact) mass is 360 g/mol. The fourth-order valence-electron chi connectivity index (χ4n) is 1.93. The van der Waals surface area contributed by atoms with E-state index in [0.29, 0.717) is 17.1 Å². The predicted octanol–water partition coefficient (Wildman–Crippen LogP) is 3.63. The maximum Gasteiger partial charge on any atom is 0.431 e. The Kier molecular flexibility index (Phi) is 5.18. The van der Waals surface area contributed by atoms with Crippen molar-refractivity contribution in [1.82, 2.24) is 9.97 Å². The molecule has 0 atom stereocenters. The van der Waals surface area contributed by atoms with Crippen LogP contribution >= 0.6 is 11.6 Å². The van der Waals surface area contributed by atoms with Gasteiger partial charge in [0.1, 0.15) is 5.69 Å². The molecule has 0 aliphatic heterocycles. The van der Waals surface area contributed by atoms with Crippen molar-refractivity contribution in [3.63, 3.8) is 0 Å². The Labute approximate surface area is 139 Å². The molecule has 1 aromatic heterocycles. The number of aromatic nitrogens is 2. The molecule has 2 aromatic rings. The molecular formula is C15H12ClF3N2O3. The average Bonchev–Trinajstić information content (AvgIpc) is 2.51. The van der Waals surface area contributed by atoms with E-state index in [2.05, 4.69) is 4.98 Å². The molecule has 5 nitrogen and oxygen atoms in total. The third-order valence-electron chi connectivity index (χ3n) is 2.97. The first-order valence-corrected chi connectivity index (χ1v) is 6.90. The van der Waals surface area contributed by atoms with Gasteiger partial charge in [-0.3, -0.25) is 0 Å². The highest BCUT2D eigenvalue weighted by molar-refractivity contribution is 6.32. The van der Waals surface area contributed by atoms with E-state index >= 15 is 0 Å². The third-order valence-corrected chi connectivity index (χ3v) is 3.25. The number of halogens is 4. The van der Waals surface area contributed by atoms with E-state index in [1.54, 1.807) is 11.1 Å². The van der Waals surface area contributed by atoms with Crippen molar-refractivity contribution in [1.29, 1.82) is 0 Å². The summed E-state index contributed by atoms with van der Waals surface area (Å²) >= 11 is 6.05. The predicted molar refractivity (Wildman–Crippen MR) is 83.3 cm³/mol. The van der Waals surface area contributed by atoms with Crippen LogP contribution in [0.3, 0.4) is 0 Å². The van der Waals surface area contributed by atoms with Gasteiger partial charge in [0.05, 0.1) is 24.9 Å². The van der Waals surface area contributed by atoms with Gasteiger partial charge in [0.2, 0.25) is 0 Å². The van der Waals surface area contributed by atoms with Crippen LogP contribution in [0.1, 0.15) is 17.0 Å². The quantitative estimate of drug-likeness (QED) is 0.904. The molecule has 0 spiro atoms. The van der Waals surface area contributed by atoms with Crippen LogP contribution < -0.4 is 15.2 Å². The highest BCUT2D eigenvalue weighted by Gasteiger charge is 2.32. The molecule has 1 heterocycles. The number of alkyl halides is 3. The summed E-state index contributed by atoms with van der Waals surface area (Å²) in [5, 5.41) is 0.270. The average molecular weight is 361 g/mol. The van der Waals surface area contributed by atoms with Gasteiger partial charge in [-0.1, -0.05) is 17.7 Å². The number of nitrogens with one attached hydrogen (secondary N) is 1. The summed E-state index contributed by atoms with van der Waals surface area (Å²) in [6.07, 6.45) is -1.95. The molecule has 0 unspecified atom stereocenters. The molecule has 0 saturated heterocycles. The van der Waals surface area contributed by atoms with Crippen LogP contribution in [0.5, 0.6) is 11.5 Å². The Morgan fingerprint density at radius 3 is 2.46 bits per heavy atom. The number of H-pyrrole nitrogens is 1. The van der Waals surface area contributed by atoms with Gasteiger partial charge in [0, 0.05) is 0 Å². The number of nitrogens with zero attached hydrogens (tertiary/aromatic N) is 1. The van der Waals surface area contributed by atoms with E-state index in [1.165, 1.54) is 32.4 Å². The van der Waals surface area contributed by atoms with Crippen molar-refractivity contribution < 1.29 is 22.6 Å². The lowest BCUT2D eigenvalue weighted by atomic mass is 10.1. The topological polar surface area (TPSA) is 64.2 Å². The van der Waals surface area contributed by atoms with Gasteiger partial charge in [-0.05, 0) is 29.8 Å². The Bertz CT molecular complexity index is 832. The lowest BCUT2D eigenvalue weighted by molar-refractivity contribution is -0.141. The third kappa shape index (κ3) is 4.08. The van der Waals surface area contributed by atoms with Gasteiger partial charge in [-0.2, -0.15) is 18.2 Å². The summed E-state index contributed by atoms with van der Waals surface area (Å²) in [4.78, 5) is 16.4. The molecule has 1 aromatic carbocycles. The Morgan fingerprint density at radius 1 is 1.17 bits per heavy atom. The maximum absolute atomic E-state index is 12.7. The molecule has 0 saturated carbocycles. The molecule has 0 radical (unpaired) electrons. The first-order valence-electron chi connectivity index (χ1n) is 6.52. The van der Waals surface area contributed by atoms with Gasteiger partial charge >= 0.3 is 11.9 Å². The van der Waals surface area contributed by atoms with Crippen molar-refractivity contribution >= 4 is 23.8 Å². The van der Waals surface area contributed by atoms with Crippen molar-refractivity contribution in [2.75, 3.05) is 14.2 Å². The molecule has 24 heavy (non-hydrogen) atoms. The number of hydrogen-bond acceptors (Lipinski definition) is 4. The van der Waals surface area contributed by atoms with Crippen molar-refractivity contribution in [2.45, 2.75) is 6.18 Å². The summed E-state index contributed by atoms with van der Waals surface area (Å²) in [5.41, 5.74) is -1.87. The fourth-order valence-corrected chi connectivity index (χ4v) is 2.23. The van der Waals surface area contributed by atoms with Crippen LogP contribution in [-0.2, 0) is 6.18 Å². The van der Waals surface area contributed by atoms with E-state index < -0.39 is 17.6 Å². The van der Waals surface area contributed by atoms with E-state index in [1.807, 2.05) is 0 Å². The Morgan fingerprint density at radius 2 is 1.88 bits per heavy atom. The fraction of sp³-hybridized carbons (Fsp3) is 0.200. The van der Waals surface area contributed by atoms with E-state index in [9.17, 15) is 18.0 Å². The highest BCUT2D eigenvalue weighted by atomic mass is 35.5. The van der Waals surface area contributed by atoms with Crippen LogP contribution in [0, 0.1) is 0 Å². The van der Waals surface area contributed by atoms with Crippen molar-refractivity contribution in [2.24, 2.45) is 0 Å². The van der Waals surface area contributed by atoms with Gasteiger partial charge in [0.25, 0.3) is 0 Å². The lowest BCUT2D eigenvalue weighted by Gasteiger charge is -2.10. The molecule has 0 fully saturated rings. The van der Waals surface area contributed by atoms with Crippen molar-refractivity contribution in [3.8, 4) is 11.5 Å². The number of benzene rings is 1. The van der Waals surface area contributed by atoms with E-state index in [-0.39, 0.29) is 10.7 Å². The van der Waals surface area contributed by atoms with E-state index in [0.717, 1.165) is 6.07 Å².